The van der Waals surface area contributed by atoms with E-state index in [0.717, 1.165) is 39.4 Å². The monoisotopic (exact) mass is 430 g/mol. The number of amides is 1. The van der Waals surface area contributed by atoms with Crippen molar-refractivity contribution in [1.82, 2.24) is 5.48 Å². The summed E-state index contributed by atoms with van der Waals surface area (Å²) >= 11 is 0. The lowest BCUT2D eigenvalue weighted by molar-refractivity contribution is -0.124. The molecule has 0 bridgehead atoms. The Morgan fingerprint density at radius 2 is 1.38 bits per heavy atom. The molecule has 0 aliphatic rings. The third kappa shape index (κ3) is 6.75. The quantitative estimate of drug-likeness (QED) is 0.193. The largest absolute Gasteiger partial charge is 0.497 e. The highest BCUT2D eigenvalue weighted by Crippen LogP contribution is 2.24. The van der Waals surface area contributed by atoms with Gasteiger partial charge in [-0.25, -0.2) is 5.48 Å². The van der Waals surface area contributed by atoms with Gasteiger partial charge in [0.25, 0.3) is 5.91 Å². The molecule has 0 aliphatic heterocycles. The summed E-state index contributed by atoms with van der Waals surface area (Å²) < 4.78 is 10.6. The van der Waals surface area contributed by atoms with E-state index in [1.54, 1.807) is 25.8 Å². The number of rotatable bonds is 9. The minimum Gasteiger partial charge on any atom is -0.497 e. The van der Waals surface area contributed by atoms with Gasteiger partial charge >= 0.3 is 0 Å². The Labute approximate surface area is 187 Å². The predicted octanol–water partition coefficient (Wildman–Crippen LogP) is 5.00. The van der Waals surface area contributed by atoms with Crippen LogP contribution in [0.15, 0.2) is 72.8 Å². The Morgan fingerprint density at radius 3 is 1.97 bits per heavy atom. The molecular formula is C26H26N2O4. The second-order valence-electron chi connectivity index (χ2n) is 7.01. The van der Waals surface area contributed by atoms with Gasteiger partial charge in [0.05, 0.1) is 14.2 Å². The number of carbonyl (C=O) groups is 1. The average Bonchev–Trinajstić information content (AvgIpc) is 2.85. The third-order valence-electron chi connectivity index (χ3n) is 4.77. The minimum atomic E-state index is -0.558. The molecule has 32 heavy (non-hydrogen) atoms. The lowest BCUT2D eigenvalue weighted by Gasteiger charge is -2.08. The van der Waals surface area contributed by atoms with Crippen molar-refractivity contribution in [2.24, 2.45) is 0 Å². The van der Waals surface area contributed by atoms with E-state index in [-0.39, 0.29) is 0 Å². The van der Waals surface area contributed by atoms with Crippen LogP contribution in [0, 0.1) is 0 Å². The van der Waals surface area contributed by atoms with E-state index < -0.39 is 5.91 Å². The molecule has 0 aromatic heterocycles. The first-order valence-corrected chi connectivity index (χ1v) is 10.1. The molecule has 0 heterocycles. The number of ether oxygens (including phenoxy) is 2. The number of hydroxylamine groups is 1. The van der Waals surface area contributed by atoms with Gasteiger partial charge in [0.1, 0.15) is 11.5 Å². The van der Waals surface area contributed by atoms with Crippen molar-refractivity contribution >= 4 is 29.8 Å². The van der Waals surface area contributed by atoms with Crippen molar-refractivity contribution in [1.29, 1.82) is 0 Å². The zero-order valence-electron chi connectivity index (χ0n) is 18.0. The molecule has 0 radical (unpaired) electrons. The maximum Gasteiger partial charge on any atom is 0.267 e. The average molecular weight is 431 g/mol. The topological polar surface area (TPSA) is 79.8 Å². The minimum absolute atomic E-state index is 0.558. The predicted molar refractivity (Wildman–Crippen MR) is 128 cm³/mol. The van der Waals surface area contributed by atoms with Crippen LogP contribution in [0.3, 0.4) is 0 Å². The molecule has 1 amide bonds. The third-order valence-corrected chi connectivity index (χ3v) is 4.77. The summed E-state index contributed by atoms with van der Waals surface area (Å²) in [6, 6.07) is 21.7. The smallest absolute Gasteiger partial charge is 0.267 e. The molecule has 0 spiro atoms. The van der Waals surface area contributed by atoms with Gasteiger partial charge in [0, 0.05) is 24.4 Å². The number of hydrogen-bond acceptors (Lipinski definition) is 5. The van der Waals surface area contributed by atoms with E-state index in [1.165, 1.54) is 6.08 Å². The highest BCUT2D eigenvalue weighted by atomic mass is 16.5. The molecule has 0 unspecified atom stereocenters. The maximum atomic E-state index is 11.0. The first-order chi connectivity index (χ1) is 15.6. The molecule has 0 saturated carbocycles. The number of anilines is 1. The zero-order chi connectivity index (χ0) is 22.8. The molecule has 0 aliphatic carbocycles. The Morgan fingerprint density at radius 1 is 0.812 bits per heavy atom. The molecule has 0 atom stereocenters. The van der Waals surface area contributed by atoms with Gasteiger partial charge in [0.2, 0.25) is 0 Å². The Kier molecular flexibility index (Phi) is 8.06. The highest BCUT2D eigenvalue weighted by molar-refractivity contribution is 5.90. The van der Waals surface area contributed by atoms with Gasteiger partial charge in [-0.1, -0.05) is 48.6 Å². The van der Waals surface area contributed by atoms with Crippen LogP contribution in [0.4, 0.5) is 5.69 Å². The van der Waals surface area contributed by atoms with E-state index >= 15 is 0 Å². The zero-order valence-corrected chi connectivity index (χ0v) is 18.0. The first kappa shape index (κ1) is 22.7. The Balaban J connectivity index is 1.56. The first-order valence-electron chi connectivity index (χ1n) is 10.1. The van der Waals surface area contributed by atoms with Crippen LogP contribution in [-0.4, -0.2) is 25.3 Å². The fourth-order valence-electron chi connectivity index (χ4n) is 2.99. The Bertz CT molecular complexity index is 1070. The SMILES string of the molecule is COc1cc(/C=C/c2ccc(NCc3ccc(/C=C/C(=O)NO)cc3)cc2)cc(OC)c1. The second-order valence-corrected chi connectivity index (χ2v) is 7.01. The van der Waals surface area contributed by atoms with E-state index in [0.29, 0.717) is 6.54 Å². The molecule has 6 heteroatoms. The van der Waals surface area contributed by atoms with Crippen molar-refractivity contribution in [2.75, 3.05) is 19.5 Å². The number of benzene rings is 3. The van der Waals surface area contributed by atoms with Crippen molar-refractivity contribution in [3.63, 3.8) is 0 Å². The van der Waals surface area contributed by atoms with Gasteiger partial charge in [-0.15, -0.1) is 0 Å². The number of hydrogen-bond donors (Lipinski definition) is 3. The molecule has 164 valence electrons. The van der Waals surface area contributed by atoms with Crippen molar-refractivity contribution in [3.05, 3.63) is 95.1 Å². The molecule has 3 rings (SSSR count). The molecule has 0 saturated heterocycles. The normalized spacial score (nSPS) is 11.0. The van der Waals surface area contributed by atoms with Crippen LogP contribution in [0.25, 0.3) is 18.2 Å². The van der Waals surface area contributed by atoms with E-state index in [4.69, 9.17) is 14.7 Å². The molecule has 6 nitrogen and oxygen atoms in total. The lowest BCUT2D eigenvalue weighted by atomic mass is 10.1. The summed E-state index contributed by atoms with van der Waals surface area (Å²) in [6.07, 6.45) is 6.97. The fraction of sp³-hybridized carbons (Fsp3) is 0.115. The van der Waals surface area contributed by atoms with Crippen molar-refractivity contribution in [2.45, 2.75) is 6.54 Å². The molecule has 3 N–H and O–H groups in total. The van der Waals surface area contributed by atoms with Gasteiger partial charge in [-0.3, -0.25) is 10.0 Å². The van der Waals surface area contributed by atoms with E-state index in [1.807, 2.05) is 66.7 Å². The number of methoxy groups -OCH3 is 2. The summed E-state index contributed by atoms with van der Waals surface area (Å²) in [5.41, 5.74) is 6.66. The highest BCUT2D eigenvalue weighted by Gasteiger charge is 2.00. The lowest BCUT2D eigenvalue weighted by Crippen LogP contribution is -2.14. The van der Waals surface area contributed by atoms with Gasteiger partial charge < -0.3 is 14.8 Å². The van der Waals surface area contributed by atoms with Crippen molar-refractivity contribution < 1.29 is 19.5 Å². The van der Waals surface area contributed by atoms with Crippen LogP contribution in [0.1, 0.15) is 22.3 Å². The number of nitrogens with one attached hydrogen (secondary N) is 2. The van der Waals surface area contributed by atoms with Gasteiger partial charge in [-0.2, -0.15) is 0 Å². The maximum absolute atomic E-state index is 11.0. The summed E-state index contributed by atoms with van der Waals surface area (Å²) in [4.78, 5) is 11.0. The van der Waals surface area contributed by atoms with Crippen molar-refractivity contribution in [3.8, 4) is 11.5 Å². The summed E-state index contributed by atoms with van der Waals surface area (Å²) in [7, 11) is 3.27. The molecule has 3 aromatic carbocycles. The molecular weight excluding hydrogens is 404 g/mol. The van der Waals surface area contributed by atoms with Crippen LogP contribution < -0.4 is 20.3 Å². The van der Waals surface area contributed by atoms with Crippen LogP contribution in [0.5, 0.6) is 11.5 Å². The standard InChI is InChI=1S/C26H26N2O4/c1-31-24-15-22(16-25(17-24)32-2)8-5-20-9-12-23(13-10-20)27-18-21-6-3-19(4-7-21)11-14-26(29)28-30/h3-17,27,30H,18H2,1-2H3,(H,28,29)/b8-5+,14-11+. The van der Waals surface area contributed by atoms with Gasteiger partial charge in [-0.05, 0) is 52.6 Å². The van der Waals surface area contributed by atoms with E-state index in [2.05, 4.69) is 17.4 Å². The van der Waals surface area contributed by atoms with E-state index in [9.17, 15) is 4.79 Å². The Hall–Kier alpha value is -4.03. The van der Waals surface area contributed by atoms with Crippen LogP contribution in [-0.2, 0) is 11.3 Å². The van der Waals surface area contributed by atoms with Gasteiger partial charge in [0.15, 0.2) is 0 Å². The summed E-state index contributed by atoms with van der Waals surface area (Å²) in [5, 5.41) is 11.9. The number of carbonyl (C=O) groups excluding carboxylic acids is 1. The fourth-order valence-corrected chi connectivity index (χ4v) is 2.99. The summed E-state index contributed by atoms with van der Waals surface area (Å²) in [6.45, 7) is 0.680. The summed E-state index contributed by atoms with van der Waals surface area (Å²) in [5.74, 6) is 0.948. The molecule has 0 fully saturated rings. The second kappa shape index (κ2) is 11.4. The van der Waals surface area contributed by atoms with Crippen LogP contribution >= 0.6 is 0 Å². The molecule has 3 aromatic rings. The van der Waals surface area contributed by atoms with Crippen LogP contribution in [0.2, 0.25) is 0 Å².